The van der Waals surface area contributed by atoms with Crippen molar-refractivity contribution in [3.63, 3.8) is 0 Å². The Morgan fingerprint density at radius 1 is 0.560 bits per heavy atom. The van der Waals surface area contributed by atoms with E-state index in [9.17, 15) is 0 Å². The highest BCUT2D eigenvalue weighted by Gasteiger charge is 2.15. The molecule has 0 aliphatic rings. The third kappa shape index (κ3) is 5.19. The molecule has 0 N–H and O–H groups in total. The van der Waals surface area contributed by atoms with Gasteiger partial charge in [-0.2, -0.15) is 0 Å². The van der Waals surface area contributed by atoms with Gasteiger partial charge in [-0.3, -0.25) is 0 Å². The van der Waals surface area contributed by atoms with Crippen molar-refractivity contribution >= 4 is 0 Å². The molecule has 1 nitrogen and oxygen atoms in total. The number of rotatable bonds is 8. The zero-order chi connectivity index (χ0) is 18.4. The molecule has 0 spiro atoms. The zero-order valence-corrected chi connectivity index (χ0v) is 16.8. The van der Waals surface area contributed by atoms with Gasteiger partial charge in [0.05, 0.1) is 13.2 Å². The lowest BCUT2D eigenvalue weighted by Gasteiger charge is -2.21. The van der Waals surface area contributed by atoms with E-state index in [1.807, 2.05) is 0 Å². The molecule has 0 saturated carbocycles. The maximum absolute atomic E-state index is 6.14. The van der Waals surface area contributed by atoms with Crippen LogP contribution in [0, 0.1) is 0 Å². The molecule has 0 fully saturated rings. The number of hydrogen-bond acceptors (Lipinski definition) is 1. The van der Waals surface area contributed by atoms with E-state index in [0.717, 1.165) is 13.2 Å². The lowest BCUT2D eigenvalue weighted by atomic mass is 9.89. The van der Waals surface area contributed by atoms with E-state index in [-0.39, 0.29) is 0 Å². The summed E-state index contributed by atoms with van der Waals surface area (Å²) >= 11 is 0. The summed E-state index contributed by atoms with van der Waals surface area (Å²) < 4.78 is 6.14. The summed E-state index contributed by atoms with van der Waals surface area (Å²) in [6.07, 6.45) is 0. The molecule has 25 heavy (non-hydrogen) atoms. The van der Waals surface area contributed by atoms with Crippen LogP contribution in [0.4, 0.5) is 0 Å². The van der Waals surface area contributed by atoms with E-state index >= 15 is 0 Å². The van der Waals surface area contributed by atoms with Crippen LogP contribution >= 0.6 is 0 Å². The molecule has 0 aliphatic heterocycles. The molecule has 136 valence electrons. The maximum Gasteiger partial charge on any atom is 0.0532 e. The molecule has 0 aliphatic carbocycles. The van der Waals surface area contributed by atoms with E-state index in [1.165, 1.54) is 22.3 Å². The average molecular weight is 339 g/mol. The highest BCUT2D eigenvalue weighted by molar-refractivity contribution is 5.33. The van der Waals surface area contributed by atoms with Crippen LogP contribution < -0.4 is 0 Å². The molecule has 2 atom stereocenters. The molecule has 0 radical (unpaired) electrons. The summed E-state index contributed by atoms with van der Waals surface area (Å²) in [7, 11) is 0. The van der Waals surface area contributed by atoms with Crippen molar-refractivity contribution in [2.75, 3.05) is 13.2 Å². The van der Waals surface area contributed by atoms with Crippen molar-refractivity contribution in [3.8, 4) is 0 Å². The summed E-state index contributed by atoms with van der Waals surface area (Å²) in [6.45, 7) is 15.1. The normalized spacial score (nSPS) is 14.1. The zero-order valence-electron chi connectivity index (χ0n) is 16.8. The quantitative estimate of drug-likeness (QED) is 0.511. The Morgan fingerprint density at radius 2 is 0.880 bits per heavy atom. The molecule has 0 aromatic heterocycles. The van der Waals surface area contributed by atoms with Gasteiger partial charge in [0.15, 0.2) is 0 Å². The Kier molecular flexibility index (Phi) is 7.25. The Bertz CT molecular complexity index is 599. The van der Waals surface area contributed by atoms with Crippen molar-refractivity contribution in [1.29, 1.82) is 0 Å². The van der Waals surface area contributed by atoms with Crippen LogP contribution in [0.25, 0.3) is 0 Å². The van der Waals surface area contributed by atoms with Crippen molar-refractivity contribution < 1.29 is 4.74 Å². The lowest BCUT2D eigenvalue weighted by Crippen LogP contribution is -2.12. The topological polar surface area (TPSA) is 9.23 Å². The van der Waals surface area contributed by atoms with Crippen LogP contribution in [-0.2, 0) is 4.74 Å². The molecule has 0 heterocycles. The Balaban J connectivity index is 1.97. The van der Waals surface area contributed by atoms with Crippen LogP contribution in [-0.4, -0.2) is 13.2 Å². The first-order valence-electron chi connectivity index (χ1n) is 9.67. The molecule has 2 unspecified atom stereocenters. The molecular formula is C24H34O. The third-order valence-corrected chi connectivity index (χ3v) is 5.03. The van der Waals surface area contributed by atoms with E-state index in [1.54, 1.807) is 0 Å². The van der Waals surface area contributed by atoms with Crippen LogP contribution in [0.2, 0.25) is 0 Å². The van der Waals surface area contributed by atoms with Crippen LogP contribution in [0.1, 0.15) is 87.5 Å². The minimum atomic E-state index is 0.422. The second kappa shape index (κ2) is 9.20. The van der Waals surface area contributed by atoms with Gasteiger partial charge in [0.25, 0.3) is 0 Å². The first-order valence-corrected chi connectivity index (χ1v) is 9.67. The van der Waals surface area contributed by atoms with Gasteiger partial charge in [0, 0.05) is 11.8 Å². The van der Waals surface area contributed by atoms with Crippen molar-refractivity contribution in [2.45, 2.75) is 65.2 Å². The van der Waals surface area contributed by atoms with E-state index in [0.29, 0.717) is 23.7 Å². The van der Waals surface area contributed by atoms with Crippen molar-refractivity contribution in [2.24, 2.45) is 0 Å². The fraction of sp³-hybridized carbons (Fsp3) is 0.500. The maximum atomic E-state index is 6.14. The minimum absolute atomic E-state index is 0.422. The van der Waals surface area contributed by atoms with Gasteiger partial charge in [-0.25, -0.2) is 0 Å². The molecule has 2 aromatic rings. The summed E-state index contributed by atoms with van der Waals surface area (Å²) in [5.41, 5.74) is 5.73. The third-order valence-electron chi connectivity index (χ3n) is 5.03. The monoisotopic (exact) mass is 338 g/mol. The number of ether oxygens (including phenoxy) is 1. The highest BCUT2D eigenvalue weighted by Crippen LogP contribution is 2.28. The lowest BCUT2D eigenvalue weighted by molar-refractivity contribution is 0.113. The van der Waals surface area contributed by atoms with Gasteiger partial charge in [0.1, 0.15) is 0 Å². The van der Waals surface area contributed by atoms with Crippen LogP contribution in [0.3, 0.4) is 0 Å². The predicted octanol–water partition coefficient (Wildman–Crippen LogP) is 6.86. The largest absolute Gasteiger partial charge is 0.380 e. The summed E-state index contributed by atoms with van der Waals surface area (Å²) in [5.74, 6) is 1.95. The van der Waals surface area contributed by atoms with Gasteiger partial charge < -0.3 is 4.74 Å². The SMILES string of the molecule is CC(C)c1ccccc1C(C)COCC(C)c1ccccc1C(C)C. The Labute approximate surface area is 154 Å². The summed E-state index contributed by atoms with van der Waals surface area (Å²) in [6, 6.07) is 17.5. The molecule has 2 aromatic carbocycles. The average Bonchev–Trinajstić information content (AvgIpc) is 2.61. The van der Waals surface area contributed by atoms with E-state index in [2.05, 4.69) is 90.1 Å². The van der Waals surface area contributed by atoms with Gasteiger partial charge in [-0.1, -0.05) is 90.1 Å². The molecule has 2 rings (SSSR count). The van der Waals surface area contributed by atoms with Gasteiger partial charge >= 0.3 is 0 Å². The molecule has 0 bridgehead atoms. The standard InChI is InChI=1S/C24H34O/c1-17(2)21-11-7-9-13-23(21)19(5)15-25-16-20(6)24-14-10-8-12-22(24)18(3)4/h7-14,17-20H,15-16H2,1-6H3. The number of benzene rings is 2. The Morgan fingerprint density at radius 3 is 1.20 bits per heavy atom. The van der Waals surface area contributed by atoms with Crippen LogP contribution in [0.5, 0.6) is 0 Å². The summed E-state index contributed by atoms with van der Waals surface area (Å²) in [4.78, 5) is 0. The second-order valence-electron chi connectivity index (χ2n) is 7.91. The van der Waals surface area contributed by atoms with Gasteiger partial charge in [-0.05, 0) is 34.1 Å². The first-order chi connectivity index (χ1) is 11.9. The van der Waals surface area contributed by atoms with Crippen LogP contribution in [0.15, 0.2) is 48.5 Å². The predicted molar refractivity (Wildman–Crippen MR) is 109 cm³/mol. The first kappa shape index (κ1) is 19.7. The minimum Gasteiger partial charge on any atom is -0.380 e. The van der Waals surface area contributed by atoms with Crippen molar-refractivity contribution in [3.05, 3.63) is 70.8 Å². The van der Waals surface area contributed by atoms with E-state index < -0.39 is 0 Å². The second-order valence-corrected chi connectivity index (χ2v) is 7.91. The molecule has 0 saturated heterocycles. The number of hydrogen-bond donors (Lipinski definition) is 0. The summed E-state index contributed by atoms with van der Waals surface area (Å²) in [5, 5.41) is 0. The molecule has 0 amide bonds. The smallest absolute Gasteiger partial charge is 0.0532 e. The highest BCUT2D eigenvalue weighted by atomic mass is 16.5. The van der Waals surface area contributed by atoms with Crippen molar-refractivity contribution in [1.82, 2.24) is 0 Å². The molecule has 1 heteroatoms. The van der Waals surface area contributed by atoms with Gasteiger partial charge in [-0.15, -0.1) is 0 Å². The fourth-order valence-electron chi connectivity index (χ4n) is 3.57. The molecular weight excluding hydrogens is 304 g/mol. The Hall–Kier alpha value is -1.60. The fourth-order valence-corrected chi connectivity index (χ4v) is 3.57. The van der Waals surface area contributed by atoms with Gasteiger partial charge in [0.2, 0.25) is 0 Å². The van der Waals surface area contributed by atoms with E-state index in [4.69, 9.17) is 4.74 Å².